The summed E-state index contributed by atoms with van der Waals surface area (Å²) in [6, 6.07) is 22.3. The fourth-order valence-electron chi connectivity index (χ4n) is 7.12. The number of pyridine rings is 1. The number of thiophene rings is 2. The molecule has 0 amide bonds. The number of aliphatic carboxylic acids is 1. The molecule has 1 aliphatic carbocycles. The Morgan fingerprint density at radius 2 is 1.69 bits per heavy atom. The lowest BCUT2D eigenvalue weighted by molar-refractivity contribution is -0.170. The van der Waals surface area contributed by atoms with E-state index in [0.717, 1.165) is 56.4 Å². The highest BCUT2D eigenvalue weighted by Crippen LogP contribution is 2.42. The summed E-state index contributed by atoms with van der Waals surface area (Å²) >= 11 is 2.85. The van der Waals surface area contributed by atoms with Gasteiger partial charge >= 0.3 is 5.97 Å². The molecule has 52 heavy (non-hydrogen) atoms. The lowest BCUT2D eigenvalue weighted by Gasteiger charge is -2.38. The minimum atomic E-state index is -1.46. The first kappa shape index (κ1) is 37.7. The van der Waals surface area contributed by atoms with E-state index in [9.17, 15) is 24.9 Å². The molecule has 2 aromatic carbocycles. The number of carboxylic acids is 1. The number of phenols is 1. The molecule has 5 aromatic rings. The first-order valence-electron chi connectivity index (χ1n) is 17.8. The van der Waals surface area contributed by atoms with Crippen molar-refractivity contribution in [1.82, 2.24) is 15.2 Å². The third-order valence-corrected chi connectivity index (χ3v) is 11.9. The Hall–Kier alpha value is -4.04. The van der Waals surface area contributed by atoms with E-state index in [2.05, 4.69) is 41.3 Å². The number of aliphatic hydroxyl groups is 1. The zero-order valence-electron chi connectivity index (χ0n) is 29.5. The summed E-state index contributed by atoms with van der Waals surface area (Å²) in [5.41, 5.74) is 0.339. The summed E-state index contributed by atoms with van der Waals surface area (Å²) < 4.78 is 12.6. The number of nitrogens with zero attached hydrogens (tertiary/aromatic N) is 1. The number of aromatic nitrogens is 1. The number of carboxylic acid groups (broad SMARTS) is 1. The molecular formula is C40H47N3O7S2. The Morgan fingerprint density at radius 3 is 2.33 bits per heavy atom. The minimum absolute atomic E-state index is 0.0300. The summed E-state index contributed by atoms with van der Waals surface area (Å²) in [6.07, 6.45) is 4.27. The van der Waals surface area contributed by atoms with Crippen LogP contribution in [0.1, 0.15) is 66.0 Å². The maximum atomic E-state index is 12.7. The van der Waals surface area contributed by atoms with Crippen LogP contribution in [0.5, 0.6) is 11.5 Å². The number of fused-ring (bicyclic) bond motifs is 1. The van der Waals surface area contributed by atoms with Crippen LogP contribution in [-0.4, -0.2) is 76.1 Å². The van der Waals surface area contributed by atoms with Gasteiger partial charge in [0, 0.05) is 36.6 Å². The molecule has 12 heteroatoms. The second-order valence-electron chi connectivity index (χ2n) is 13.6. The molecule has 276 valence electrons. The normalized spacial score (nSPS) is 17.7. The van der Waals surface area contributed by atoms with Crippen molar-refractivity contribution in [2.75, 3.05) is 26.7 Å². The number of hydrogen-bond donors (Lipinski definition) is 5. The molecule has 2 atom stereocenters. The van der Waals surface area contributed by atoms with Crippen LogP contribution >= 0.6 is 22.7 Å². The highest BCUT2D eigenvalue weighted by atomic mass is 32.1. The molecule has 0 radical (unpaired) electrons. The predicted molar refractivity (Wildman–Crippen MR) is 206 cm³/mol. The van der Waals surface area contributed by atoms with Gasteiger partial charge in [-0.2, -0.15) is 0 Å². The third-order valence-electron chi connectivity index (χ3n) is 9.96. The summed E-state index contributed by atoms with van der Waals surface area (Å²) in [6.45, 7) is 3.91. The van der Waals surface area contributed by atoms with Crippen LogP contribution in [0, 0.1) is 0 Å². The molecule has 3 heterocycles. The second kappa shape index (κ2) is 17.2. The lowest BCUT2D eigenvalue weighted by atomic mass is 9.90. The number of aromatic amines is 1. The number of H-pyrrole nitrogens is 1. The smallest absolute Gasteiger partial charge is 0.347 e. The second-order valence-corrected chi connectivity index (χ2v) is 15.5. The number of nitrogens with one attached hydrogen (secondary N) is 2. The molecular weight excluding hydrogens is 699 g/mol. The monoisotopic (exact) mass is 745 g/mol. The summed E-state index contributed by atoms with van der Waals surface area (Å²) in [4.78, 5) is 30.9. The van der Waals surface area contributed by atoms with Gasteiger partial charge in [-0.3, -0.25) is 4.79 Å². The van der Waals surface area contributed by atoms with E-state index in [1.54, 1.807) is 12.1 Å². The van der Waals surface area contributed by atoms with Crippen molar-refractivity contribution in [3.05, 3.63) is 115 Å². The Labute approximate surface area is 311 Å². The van der Waals surface area contributed by atoms with Gasteiger partial charge in [0.05, 0.1) is 34.1 Å². The van der Waals surface area contributed by atoms with Crippen molar-refractivity contribution < 1.29 is 29.6 Å². The highest BCUT2D eigenvalue weighted by Gasteiger charge is 2.48. The molecule has 6 rings (SSSR count). The number of aromatic hydroxyl groups is 1. The fraction of sp³-hybridized carbons (Fsp3) is 0.400. The number of aliphatic hydroxyl groups excluding tert-OH is 1. The van der Waals surface area contributed by atoms with Crippen LogP contribution in [0.4, 0.5) is 0 Å². The zero-order valence-corrected chi connectivity index (χ0v) is 31.1. The van der Waals surface area contributed by atoms with Gasteiger partial charge in [-0.15, -0.1) is 22.7 Å². The van der Waals surface area contributed by atoms with Crippen LogP contribution in [0.25, 0.3) is 10.9 Å². The molecule has 0 aliphatic heterocycles. The maximum Gasteiger partial charge on any atom is 0.347 e. The number of benzene rings is 2. The first-order valence-corrected chi connectivity index (χ1v) is 19.6. The number of phenolic OH excluding ortho intramolecular Hbond substituents is 1. The van der Waals surface area contributed by atoms with E-state index >= 15 is 0 Å². The van der Waals surface area contributed by atoms with E-state index in [0.29, 0.717) is 45.4 Å². The molecule has 10 nitrogen and oxygen atoms in total. The molecule has 1 unspecified atom stereocenters. The Bertz CT molecular complexity index is 1900. The van der Waals surface area contributed by atoms with Gasteiger partial charge in [0.15, 0.2) is 0 Å². The number of ether oxygens (including phenoxy) is 2. The van der Waals surface area contributed by atoms with Gasteiger partial charge in [0.25, 0.3) is 0 Å². The molecule has 1 fully saturated rings. The Kier molecular flexibility index (Phi) is 12.5. The van der Waals surface area contributed by atoms with Crippen molar-refractivity contribution in [2.45, 2.75) is 75.3 Å². The average molecular weight is 746 g/mol. The van der Waals surface area contributed by atoms with Gasteiger partial charge in [0.1, 0.15) is 11.5 Å². The van der Waals surface area contributed by atoms with Gasteiger partial charge in [-0.05, 0) is 111 Å². The standard InChI is InChI=1S/C40H47N3O7S2/c1-26(41-25-34(45)31-16-18-33(44)38-32(31)17-19-37(46)42-38)24-27-8-12-29(13-9-27)49-21-5-20-43(2)28-10-14-30(15-11-28)50-40(39(47)48,35-6-3-22-51-35)36-7-4-23-52-36/h3-4,6-9,12-13,16-19,22-23,26,28,30,34,41,44-45H,5,10-11,14-15,20-21,24-25H2,1-2H3,(H,42,46)(H,47,48)/t26?,28-,30-,34-/m0/s1. The SMILES string of the molecule is CC(Cc1ccc(OCCCN(C)[C@H]2CC[C@H](OC(C(=O)O)(c3cccs3)c3cccs3)CC2)cc1)NC[C@H](O)c1ccc(O)c2[nH]c(=O)ccc12. The van der Waals surface area contributed by atoms with Crippen molar-refractivity contribution in [3.63, 3.8) is 0 Å². The summed E-state index contributed by atoms with van der Waals surface area (Å²) in [7, 11) is 2.16. The average Bonchev–Trinajstić information content (AvgIpc) is 3.89. The molecule has 1 saturated carbocycles. The lowest BCUT2D eigenvalue weighted by Crippen LogP contribution is -2.44. The van der Waals surface area contributed by atoms with E-state index in [1.807, 2.05) is 47.2 Å². The third kappa shape index (κ3) is 8.76. The van der Waals surface area contributed by atoms with Crippen LogP contribution in [0.3, 0.4) is 0 Å². The van der Waals surface area contributed by atoms with Gasteiger partial charge in [-0.1, -0.05) is 30.3 Å². The van der Waals surface area contributed by atoms with Crippen molar-refractivity contribution in [2.24, 2.45) is 0 Å². The molecule has 3 aromatic heterocycles. The molecule has 0 bridgehead atoms. The van der Waals surface area contributed by atoms with Gasteiger partial charge < -0.3 is 40.0 Å². The zero-order chi connectivity index (χ0) is 36.7. The van der Waals surface area contributed by atoms with Crippen LogP contribution < -0.4 is 15.6 Å². The van der Waals surface area contributed by atoms with E-state index < -0.39 is 17.7 Å². The summed E-state index contributed by atoms with van der Waals surface area (Å²) in [5, 5.41) is 39.3. The Balaban J connectivity index is 0.904. The minimum Gasteiger partial charge on any atom is -0.506 e. The fourth-order valence-corrected chi connectivity index (χ4v) is 8.93. The van der Waals surface area contributed by atoms with Crippen molar-refractivity contribution in [1.29, 1.82) is 0 Å². The topological polar surface area (TPSA) is 144 Å². The van der Waals surface area contributed by atoms with Crippen LogP contribution in [0.15, 0.2) is 88.4 Å². The number of hydrogen-bond acceptors (Lipinski definition) is 10. The van der Waals surface area contributed by atoms with Gasteiger partial charge in [-0.25, -0.2) is 4.79 Å². The Morgan fingerprint density at radius 1 is 1.00 bits per heavy atom. The largest absolute Gasteiger partial charge is 0.506 e. The molecule has 0 spiro atoms. The summed E-state index contributed by atoms with van der Waals surface area (Å²) in [5.74, 6) is -0.166. The first-order chi connectivity index (χ1) is 25.1. The van der Waals surface area contributed by atoms with E-state index in [1.165, 1.54) is 34.8 Å². The molecule has 0 saturated heterocycles. The molecule has 5 N–H and O–H groups in total. The van der Waals surface area contributed by atoms with Crippen LogP contribution in [0.2, 0.25) is 0 Å². The molecule has 1 aliphatic rings. The van der Waals surface area contributed by atoms with E-state index in [-0.39, 0.29) is 23.5 Å². The number of carbonyl (C=O) groups is 1. The van der Waals surface area contributed by atoms with Crippen molar-refractivity contribution in [3.8, 4) is 11.5 Å². The van der Waals surface area contributed by atoms with Crippen molar-refractivity contribution >= 4 is 39.5 Å². The van der Waals surface area contributed by atoms with E-state index in [4.69, 9.17) is 9.47 Å². The quantitative estimate of drug-likeness (QED) is 0.0660. The van der Waals surface area contributed by atoms with Crippen LogP contribution in [-0.2, 0) is 21.6 Å². The predicted octanol–water partition coefficient (Wildman–Crippen LogP) is 6.67. The number of rotatable bonds is 17. The van der Waals surface area contributed by atoms with Gasteiger partial charge in [0.2, 0.25) is 11.2 Å². The highest BCUT2D eigenvalue weighted by molar-refractivity contribution is 7.12. The maximum absolute atomic E-state index is 12.7.